The van der Waals surface area contributed by atoms with Crippen molar-refractivity contribution in [2.75, 3.05) is 6.54 Å². The molecule has 11 nitrogen and oxygen atoms in total. The average Bonchev–Trinajstić information content (AvgIpc) is 2.58. The molecule has 1 rings (SSSR count). The van der Waals surface area contributed by atoms with E-state index in [0.29, 0.717) is 6.42 Å². The summed E-state index contributed by atoms with van der Waals surface area (Å²) in [4.78, 5) is 36.0. The van der Waals surface area contributed by atoms with Crippen LogP contribution in [0.15, 0.2) is 29.3 Å². The number of rotatable bonds is 9. The first-order valence-electron chi connectivity index (χ1n) is 8.34. The van der Waals surface area contributed by atoms with E-state index >= 15 is 0 Å². The molecule has 2 atom stereocenters. The number of phenolic OH excluding ortho intramolecular Hbond substituents is 1. The van der Waals surface area contributed by atoms with E-state index in [1.54, 1.807) is 12.1 Å². The molecule has 0 unspecified atom stereocenters. The van der Waals surface area contributed by atoms with Gasteiger partial charge in [0.25, 0.3) is 5.97 Å². The molecule has 11 heteroatoms. The fraction of sp³-hybridized carbons (Fsp3) is 0.412. The summed E-state index contributed by atoms with van der Waals surface area (Å²) in [7, 11) is 0. The van der Waals surface area contributed by atoms with Gasteiger partial charge in [0.1, 0.15) is 11.8 Å². The smallest absolute Gasteiger partial charge is 0.326 e. The van der Waals surface area contributed by atoms with E-state index in [4.69, 9.17) is 32.2 Å². The molecule has 0 spiro atoms. The molecule has 0 aliphatic rings. The minimum Gasteiger partial charge on any atom is -0.508 e. The Morgan fingerprint density at radius 2 is 1.68 bits per heavy atom. The number of hydrogen-bond donors (Lipinski definition) is 7. The van der Waals surface area contributed by atoms with Gasteiger partial charge in [0.2, 0.25) is 5.91 Å². The maximum Gasteiger partial charge on any atom is 0.326 e. The Kier molecular flexibility index (Phi) is 11.4. The van der Waals surface area contributed by atoms with Crippen LogP contribution in [0.5, 0.6) is 5.75 Å². The van der Waals surface area contributed by atoms with Gasteiger partial charge in [-0.15, -0.1) is 0 Å². The number of guanidine groups is 1. The molecule has 0 bridgehead atoms. The van der Waals surface area contributed by atoms with Crippen molar-refractivity contribution in [2.24, 2.45) is 22.2 Å². The highest BCUT2D eigenvalue weighted by molar-refractivity contribution is 5.87. The maximum absolute atomic E-state index is 12.1. The summed E-state index contributed by atoms with van der Waals surface area (Å²) in [6, 6.07) is 4.32. The van der Waals surface area contributed by atoms with Crippen LogP contribution in [0.25, 0.3) is 0 Å². The predicted molar refractivity (Wildman–Crippen MR) is 103 cm³/mol. The van der Waals surface area contributed by atoms with Gasteiger partial charge >= 0.3 is 5.97 Å². The zero-order chi connectivity index (χ0) is 21.7. The number of carbonyl (C=O) groups excluding carboxylic acids is 1. The number of aliphatic carboxylic acids is 2. The van der Waals surface area contributed by atoms with E-state index in [9.17, 15) is 14.7 Å². The normalized spacial score (nSPS) is 11.9. The van der Waals surface area contributed by atoms with E-state index in [0.717, 1.165) is 12.5 Å². The van der Waals surface area contributed by atoms with Gasteiger partial charge in [-0.3, -0.25) is 14.6 Å². The van der Waals surface area contributed by atoms with Gasteiger partial charge in [0, 0.05) is 13.5 Å². The van der Waals surface area contributed by atoms with E-state index < -0.39 is 29.9 Å². The number of carboxylic acid groups (broad SMARTS) is 2. The van der Waals surface area contributed by atoms with Gasteiger partial charge in [-0.05, 0) is 37.0 Å². The average molecular weight is 397 g/mol. The van der Waals surface area contributed by atoms with Crippen molar-refractivity contribution in [1.82, 2.24) is 5.32 Å². The quantitative estimate of drug-likeness (QED) is 0.154. The van der Waals surface area contributed by atoms with Crippen LogP contribution in [0.3, 0.4) is 0 Å². The number of nitrogens with two attached hydrogens (primary N) is 3. The number of nitrogens with one attached hydrogen (secondary N) is 1. The van der Waals surface area contributed by atoms with Gasteiger partial charge in [0.05, 0.1) is 6.04 Å². The second kappa shape index (κ2) is 12.9. The number of amides is 1. The van der Waals surface area contributed by atoms with Crippen LogP contribution >= 0.6 is 0 Å². The molecular formula is C17H27N5O6. The molecule has 156 valence electrons. The largest absolute Gasteiger partial charge is 0.508 e. The lowest BCUT2D eigenvalue weighted by molar-refractivity contribution is -0.142. The maximum atomic E-state index is 12.1. The van der Waals surface area contributed by atoms with Crippen LogP contribution < -0.4 is 22.5 Å². The lowest BCUT2D eigenvalue weighted by Gasteiger charge is -2.17. The first-order valence-corrected chi connectivity index (χ1v) is 8.34. The zero-order valence-corrected chi connectivity index (χ0v) is 15.5. The number of carboxylic acids is 2. The highest BCUT2D eigenvalue weighted by atomic mass is 16.4. The number of hydrogen-bond acceptors (Lipinski definition) is 6. The summed E-state index contributed by atoms with van der Waals surface area (Å²) < 4.78 is 0. The van der Waals surface area contributed by atoms with E-state index in [1.807, 2.05) is 0 Å². The highest BCUT2D eigenvalue weighted by Crippen LogP contribution is 2.11. The van der Waals surface area contributed by atoms with Crippen LogP contribution in [-0.4, -0.2) is 57.8 Å². The van der Waals surface area contributed by atoms with Crippen molar-refractivity contribution < 1.29 is 29.7 Å². The molecule has 0 fully saturated rings. The van der Waals surface area contributed by atoms with Crippen molar-refractivity contribution >= 4 is 23.8 Å². The van der Waals surface area contributed by atoms with Crippen LogP contribution in [-0.2, 0) is 20.8 Å². The van der Waals surface area contributed by atoms with Crippen molar-refractivity contribution in [3.8, 4) is 5.75 Å². The molecule has 0 saturated heterocycles. The first-order chi connectivity index (χ1) is 13.0. The Labute approximate surface area is 162 Å². The molecule has 10 N–H and O–H groups in total. The molecule has 0 aliphatic heterocycles. The van der Waals surface area contributed by atoms with Crippen LogP contribution in [0.2, 0.25) is 0 Å². The van der Waals surface area contributed by atoms with Crippen LogP contribution in [0.4, 0.5) is 0 Å². The summed E-state index contributed by atoms with van der Waals surface area (Å²) in [5.74, 6) is -2.49. The second-order valence-corrected chi connectivity index (χ2v) is 5.84. The number of phenols is 1. The first kappa shape index (κ1) is 24.7. The van der Waals surface area contributed by atoms with Gasteiger partial charge in [-0.25, -0.2) is 4.79 Å². The molecule has 28 heavy (non-hydrogen) atoms. The second-order valence-electron chi connectivity index (χ2n) is 5.84. The minimum atomic E-state index is -1.15. The lowest BCUT2D eigenvalue weighted by Crippen LogP contribution is -2.49. The van der Waals surface area contributed by atoms with Crippen molar-refractivity contribution in [3.05, 3.63) is 29.8 Å². The lowest BCUT2D eigenvalue weighted by atomic mass is 10.0. The summed E-state index contributed by atoms with van der Waals surface area (Å²) in [6.45, 7) is 1.36. The molecule has 0 radical (unpaired) electrons. The molecule has 1 aromatic rings. The standard InChI is InChI=1S/C15H23N5O4.C2H4O2/c16-11(8-9-3-5-10(21)6-4-9)13(22)20-12(14(23)24)2-1-7-19-15(17)18;1-2(3)4/h3-6,11-12,21H,1-2,7-8,16H2,(H,20,22)(H,23,24)(H4,17,18,19);1H3,(H,3,4)/t11-,12+;/m0./s1. The molecule has 0 saturated carbocycles. The summed E-state index contributed by atoms with van der Waals surface area (Å²) in [6.07, 6.45) is 0.818. The molecular weight excluding hydrogens is 370 g/mol. The molecule has 1 aromatic carbocycles. The topological polar surface area (TPSA) is 214 Å². The number of benzene rings is 1. The zero-order valence-electron chi connectivity index (χ0n) is 15.5. The third-order valence-electron chi connectivity index (χ3n) is 3.29. The molecule has 1 amide bonds. The Hall–Kier alpha value is -3.34. The van der Waals surface area contributed by atoms with E-state index in [-0.39, 0.29) is 31.1 Å². The predicted octanol–water partition coefficient (Wildman–Crippen LogP) is -1.02. The van der Waals surface area contributed by atoms with Gasteiger partial charge in [0.15, 0.2) is 5.96 Å². The number of aromatic hydroxyl groups is 1. The number of carbonyl (C=O) groups is 3. The number of nitrogens with zero attached hydrogens (tertiary/aromatic N) is 1. The minimum absolute atomic E-state index is 0.0677. The monoisotopic (exact) mass is 397 g/mol. The Morgan fingerprint density at radius 3 is 2.14 bits per heavy atom. The van der Waals surface area contributed by atoms with Gasteiger partial charge in [-0.1, -0.05) is 12.1 Å². The van der Waals surface area contributed by atoms with E-state index in [1.165, 1.54) is 12.1 Å². The third kappa shape index (κ3) is 12.1. The third-order valence-corrected chi connectivity index (χ3v) is 3.29. The Balaban J connectivity index is 0.00000165. The van der Waals surface area contributed by atoms with Gasteiger partial charge < -0.3 is 37.8 Å². The molecule has 0 aromatic heterocycles. The van der Waals surface area contributed by atoms with Crippen LogP contribution in [0.1, 0.15) is 25.3 Å². The fourth-order valence-corrected chi connectivity index (χ4v) is 2.02. The number of aliphatic imine (C=N–C) groups is 1. The molecule has 0 heterocycles. The Bertz CT molecular complexity index is 669. The van der Waals surface area contributed by atoms with Crippen LogP contribution in [0, 0.1) is 0 Å². The van der Waals surface area contributed by atoms with E-state index in [2.05, 4.69) is 10.3 Å². The van der Waals surface area contributed by atoms with Crippen molar-refractivity contribution in [2.45, 2.75) is 38.3 Å². The van der Waals surface area contributed by atoms with Crippen molar-refractivity contribution in [3.63, 3.8) is 0 Å². The molecule has 0 aliphatic carbocycles. The fourth-order valence-electron chi connectivity index (χ4n) is 2.02. The SMILES string of the molecule is CC(=O)O.NC(N)=NCCC[C@@H](NC(=O)[C@@H](N)Cc1ccc(O)cc1)C(=O)O. The highest BCUT2D eigenvalue weighted by Gasteiger charge is 2.23. The summed E-state index contributed by atoms with van der Waals surface area (Å²) in [5, 5.41) is 28.2. The van der Waals surface area contributed by atoms with Crippen molar-refractivity contribution in [1.29, 1.82) is 0 Å². The Morgan fingerprint density at radius 1 is 1.14 bits per heavy atom. The van der Waals surface area contributed by atoms with Gasteiger partial charge in [-0.2, -0.15) is 0 Å². The summed E-state index contributed by atoms with van der Waals surface area (Å²) in [5.41, 5.74) is 16.9. The summed E-state index contributed by atoms with van der Waals surface area (Å²) >= 11 is 0.